The summed E-state index contributed by atoms with van der Waals surface area (Å²) in [6.07, 6.45) is 1.33. The van der Waals surface area contributed by atoms with Crippen molar-refractivity contribution in [3.8, 4) is 5.75 Å². The minimum atomic E-state index is -0.398. The van der Waals surface area contributed by atoms with E-state index >= 15 is 0 Å². The summed E-state index contributed by atoms with van der Waals surface area (Å²) in [6.45, 7) is 6.08. The second kappa shape index (κ2) is 7.98. The van der Waals surface area contributed by atoms with Crippen LogP contribution >= 0.6 is 0 Å². The molecule has 2 heterocycles. The standard InChI is InChI=1S/C20H27N3O4/c1-13-14(2)17(27-3)6-4-15(13)12-19(25)22-8-10-23(11-9-22)20(26)16-5-7-18(24)21-16/h4,6,16H,5,7-12H2,1-3H3,(H,21,24). The van der Waals surface area contributed by atoms with E-state index in [0.717, 1.165) is 22.4 Å². The van der Waals surface area contributed by atoms with E-state index in [1.54, 1.807) is 12.0 Å². The van der Waals surface area contributed by atoms with Crippen LogP contribution in [0.1, 0.15) is 29.5 Å². The molecule has 3 rings (SSSR count). The molecule has 0 radical (unpaired) electrons. The number of carbonyl (C=O) groups excluding carboxylic acids is 3. The largest absolute Gasteiger partial charge is 0.496 e. The first kappa shape index (κ1) is 19.2. The lowest BCUT2D eigenvalue weighted by atomic mass is 9.99. The Balaban J connectivity index is 1.55. The van der Waals surface area contributed by atoms with E-state index in [2.05, 4.69) is 5.32 Å². The molecule has 7 nitrogen and oxygen atoms in total. The number of nitrogens with one attached hydrogen (secondary N) is 1. The van der Waals surface area contributed by atoms with Crippen LogP contribution in [0, 0.1) is 13.8 Å². The second-order valence-corrected chi connectivity index (χ2v) is 7.22. The summed E-state index contributed by atoms with van der Waals surface area (Å²) in [5.74, 6) is 0.806. The maximum atomic E-state index is 12.7. The molecule has 2 aliphatic heterocycles. The third-order valence-electron chi connectivity index (χ3n) is 5.65. The van der Waals surface area contributed by atoms with Crippen molar-refractivity contribution >= 4 is 17.7 Å². The maximum absolute atomic E-state index is 12.7. The molecule has 2 fully saturated rings. The van der Waals surface area contributed by atoms with Crippen LogP contribution in [0.3, 0.4) is 0 Å². The van der Waals surface area contributed by atoms with Crippen LogP contribution in [-0.4, -0.2) is 66.9 Å². The van der Waals surface area contributed by atoms with Crippen LogP contribution in [0.5, 0.6) is 5.75 Å². The van der Waals surface area contributed by atoms with Gasteiger partial charge in [-0.25, -0.2) is 0 Å². The molecule has 7 heteroatoms. The van der Waals surface area contributed by atoms with Gasteiger partial charge in [-0.1, -0.05) is 6.07 Å². The van der Waals surface area contributed by atoms with Crippen molar-refractivity contribution in [2.24, 2.45) is 0 Å². The number of hydrogen-bond donors (Lipinski definition) is 1. The lowest BCUT2D eigenvalue weighted by Crippen LogP contribution is -2.54. The second-order valence-electron chi connectivity index (χ2n) is 7.22. The summed E-state index contributed by atoms with van der Waals surface area (Å²) in [5.41, 5.74) is 3.13. The van der Waals surface area contributed by atoms with Crippen LogP contribution in [0.25, 0.3) is 0 Å². The normalized spacial score (nSPS) is 19.8. The Morgan fingerprint density at radius 2 is 1.78 bits per heavy atom. The molecule has 1 unspecified atom stereocenters. The summed E-state index contributed by atoms with van der Waals surface area (Å²) < 4.78 is 5.33. The third kappa shape index (κ3) is 4.07. The van der Waals surface area contributed by atoms with Gasteiger partial charge in [0.15, 0.2) is 0 Å². The number of carbonyl (C=O) groups is 3. The van der Waals surface area contributed by atoms with Crippen molar-refractivity contribution in [3.05, 3.63) is 28.8 Å². The van der Waals surface area contributed by atoms with E-state index in [1.165, 1.54) is 0 Å². The summed E-state index contributed by atoms with van der Waals surface area (Å²) in [5, 5.41) is 2.72. The van der Waals surface area contributed by atoms with Gasteiger partial charge in [-0.2, -0.15) is 0 Å². The number of hydrogen-bond acceptors (Lipinski definition) is 4. The highest BCUT2D eigenvalue weighted by atomic mass is 16.5. The van der Waals surface area contributed by atoms with E-state index in [-0.39, 0.29) is 17.7 Å². The van der Waals surface area contributed by atoms with Crippen LogP contribution in [0.2, 0.25) is 0 Å². The van der Waals surface area contributed by atoms with Crippen LogP contribution in [0.15, 0.2) is 12.1 Å². The molecule has 0 spiro atoms. The monoisotopic (exact) mass is 373 g/mol. The highest BCUT2D eigenvalue weighted by Gasteiger charge is 2.33. The summed E-state index contributed by atoms with van der Waals surface area (Å²) >= 11 is 0. The van der Waals surface area contributed by atoms with E-state index in [9.17, 15) is 14.4 Å². The SMILES string of the molecule is COc1ccc(CC(=O)N2CCN(C(=O)C3CCC(=O)N3)CC2)c(C)c1C. The van der Waals surface area contributed by atoms with Crippen molar-refractivity contribution in [1.29, 1.82) is 0 Å². The van der Waals surface area contributed by atoms with Gasteiger partial charge in [0.25, 0.3) is 0 Å². The highest BCUT2D eigenvalue weighted by Crippen LogP contribution is 2.24. The van der Waals surface area contributed by atoms with E-state index < -0.39 is 6.04 Å². The van der Waals surface area contributed by atoms with E-state index in [4.69, 9.17) is 4.74 Å². The Kier molecular flexibility index (Phi) is 5.68. The average Bonchev–Trinajstić information content (AvgIpc) is 3.11. The summed E-state index contributed by atoms with van der Waals surface area (Å²) in [7, 11) is 1.64. The van der Waals surface area contributed by atoms with Gasteiger partial charge in [-0.05, 0) is 43.0 Å². The number of nitrogens with zero attached hydrogens (tertiary/aromatic N) is 2. The number of piperazine rings is 1. The molecular formula is C20H27N3O4. The van der Waals surface area contributed by atoms with Gasteiger partial charge in [0.1, 0.15) is 11.8 Å². The minimum Gasteiger partial charge on any atom is -0.496 e. The molecule has 0 aliphatic carbocycles. The van der Waals surface area contributed by atoms with Crippen molar-refractivity contribution in [2.45, 2.75) is 39.2 Å². The molecule has 1 N–H and O–H groups in total. The zero-order chi connectivity index (χ0) is 19.6. The molecule has 1 aromatic rings. The Morgan fingerprint density at radius 3 is 2.37 bits per heavy atom. The predicted molar refractivity (Wildman–Crippen MR) is 100 cm³/mol. The van der Waals surface area contributed by atoms with E-state index in [1.807, 2.05) is 30.9 Å². The lowest BCUT2D eigenvalue weighted by Gasteiger charge is -2.36. The molecule has 0 aromatic heterocycles. The zero-order valence-electron chi connectivity index (χ0n) is 16.2. The smallest absolute Gasteiger partial charge is 0.245 e. The third-order valence-corrected chi connectivity index (χ3v) is 5.65. The van der Waals surface area contributed by atoms with Gasteiger partial charge >= 0.3 is 0 Å². The molecule has 146 valence electrons. The van der Waals surface area contributed by atoms with Crippen LogP contribution in [0.4, 0.5) is 0 Å². The number of rotatable bonds is 4. The average molecular weight is 373 g/mol. The molecule has 27 heavy (non-hydrogen) atoms. The highest BCUT2D eigenvalue weighted by molar-refractivity contribution is 5.91. The Hall–Kier alpha value is -2.57. The number of benzene rings is 1. The number of methoxy groups -OCH3 is 1. The fraction of sp³-hybridized carbons (Fsp3) is 0.550. The maximum Gasteiger partial charge on any atom is 0.245 e. The van der Waals surface area contributed by atoms with Crippen molar-refractivity contribution < 1.29 is 19.1 Å². The van der Waals surface area contributed by atoms with Crippen molar-refractivity contribution in [3.63, 3.8) is 0 Å². The summed E-state index contributed by atoms with van der Waals surface area (Å²) in [4.78, 5) is 40.0. The van der Waals surface area contributed by atoms with Gasteiger partial charge in [-0.3, -0.25) is 14.4 Å². The first-order valence-electron chi connectivity index (χ1n) is 9.39. The van der Waals surface area contributed by atoms with Gasteiger partial charge in [0.2, 0.25) is 17.7 Å². The molecule has 1 aromatic carbocycles. The van der Waals surface area contributed by atoms with Gasteiger partial charge in [-0.15, -0.1) is 0 Å². The quantitative estimate of drug-likeness (QED) is 0.847. The lowest BCUT2D eigenvalue weighted by molar-refractivity contribution is -0.140. The predicted octanol–water partition coefficient (Wildman–Crippen LogP) is 0.804. The first-order valence-corrected chi connectivity index (χ1v) is 9.39. The fourth-order valence-electron chi connectivity index (χ4n) is 3.74. The molecule has 0 bridgehead atoms. The van der Waals surface area contributed by atoms with Gasteiger partial charge < -0.3 is 19.9 Å². The molecule has 3 amide bonds. The number of ether oxygens (including phenoxy) is 1. The number of amides is 3. The minimum absolute atomic E-state index is 0.0328. The molecule has 0 saturated carbocycles. The molecule has 2 aliphatic rings. The Bertz CT molecular complexity index is 754. The van der Waals surface area contributed by atoms with E-state index in [0.29, 0.717) is 45.4 Å². The van der Waals surface area contributed by atoms with Crippen molar-refractivity contribution in [2.75, 3.05) is 33.3 Å². The van der Waals surface area contributed by atoms with Crippen LogP contribution < -0.4 is 10.1 Å². The van der Waals surface area contributed by atoms with Gasteiger partial charge in [0, 0.05) is 32.6 Å². The van der Waals surface area contributed by atoms with Gasteiger partial charge in [0.05, 0.1) is 13.5 Å². The molecular weight excluding hydrogens is 346 g/mol. The molecule has 1 atom stereocenters. The first-order chi connectivity index (χ1) is 12.9. The van der Waals surface area contributed by atoms with Crippen molar-refractivity contribution in [1.82, 2.24) is 15.1 Å². The topological polar surface area (TPSA) is 79.0 Å². The van der Waals surface area contributed by atoms with Crippen LogP contribution in [-0.2, 0) is 20.8 Å². The Morgan fingerprint density at radius 1 is 1.11 bits per heavy atom. The zero-order valence-corrected chi connectivity index (χ0v) is 16.2. The molecule has 2 saturated heterocycles. The summed E-state index contributed by atoms with van der Waals surface area (Å²) in [6, 6.07) is 3.45. The Labute approximate surface area is 159 Å². The fourth-order valence-corrected chi connectivity index (χ4v) is 3.74.